The Labute approximate surface area is 94.9 Å². The molecule has 4 N–H and O–H groups in total. The van der Waals surface area contributed by atoms with E-state index in [-0.39, 0.29) is 6.10 Å². The number of carbonyl (C=O) groups excluding carboxylic acids is 1. The van der Waals surface area contributed by atoms with E-state index in [0.29, 0.717) is 6.54 Å². The van der Waals surface area contributed by atoms with Gasteiger partial charge < -0.3 is 10.1 Å². The normalized spacial score (nSPS) is 10.0. The molecule has 0 fully saturated rings. The third kappa shape index (κ3) is 4.18. The van der Waals surface area contributed by atoms with Gasteiger partial charge in [0.15, 0.2) is 0 Å². The summed E-state index contributed by atoms with van der Waals surface area (Å²) in [5, 5.41) is 2.59. The van der Waals surface area contributed by atoms with Crippen molar-refractivity contribution in [1.29, 1.82) is 0 Å². The minimum absolute atomic E-state index is 0.159. The van der Waals surface area contributed by atoms with E-state index in [2.05, 4.69) is 5.32 Å². The third-order valence-electron chi connectivity index (χ3n) is 1.88. The first-order valence-corrected chi connectivity index (χ1v) is 5.12. The molecule has 1 rings (SSSR count). The highest BCUT2D eigenvalue weighted by atomic mass is 16.5. The van der Waals surface area contributed by atoms with Gasteiger partial charge >= 0.3 is 6.03 Å². The van der Waals surface area contributed by atoms with Crippen molar-refractivity contribution in [1.82, 2.24) is 10.7 Å². The number of rotatable bonds is 4. The number of nitrogens with two attached hydrogens (primary N) is 1. The summed E-state index contributed by atoms with van der Waals surface area (Å²) in [6.45, 7) is 4.38. The Kier molecular flexibility index (Phi) is 4.60. The van der Waals surface area contributed by atoms with Crippen LogP contribution in [0, 0.1) is 0 Å². The minimum atomic E-state index is -0.400. The Hall–Kier alpha value is -1.75. The summed E-state index contributed by atoms with van der Waals surface area (Å²) in [7, 11) is 0. The smallest absolute Gasteiger partial charge is 0.329 e. The molecule has 1 aromatic carbocycles. The van der Waals surface area contributed by atoms with E-state index in [4.69, 9.17) is 10.6 Å². The van der Waals surface area contributed by atoms with Gasteiger partial charge in [-0.3, -0.25) is 5.43 Å². The van der Waals surface area contributed by atoms with E-state index in [0.717, 1.165) is 11.3 Å². The van der Waals surface area contributed by atoms with Crippen LogP contribution in [0.15, 0.2) is 24.3 Å². The van der Waals surface area contributed by atoms with E-state index >= 15 is 0 Å². The van der Waals surface area contributed by atoms with Crippen LogP contribution in [0.1, 0.15) is 19.4 Å². The van der Waals surface area contributed by atoms with Gasteiger partial charge in [-0.2, -0.15) is 0 Å². The van der Waals surface area contributed by atoms with Gasteiger partial charge in [-0.1, -0.05) is 12.1 Å². The molecule has 0 radical (unpaired) electrons. The summed E-state index contributed by atoms with van der Waals surface area (Å²) >= 11 is 0. The second-order valence-corrected chi connectivity index (χ2v) is 3.64. The van der Waals surface area contributed by atoms with Crippen LogP contribution in [-0.2, 0) is 6.54 Å². The summed E-state index contributed by atoms with van der Waals surface area (Å²) in [4.78, 5) is 10.8. The molecular formula is C11H17N3O2. The lowest BCUT2D eigenvalue weighted by molar-refractivity contribution is 0.240. The van der Waals surface area contributed by atoms with Gasteiger partial charge in [-0.15, -0.1) is 0 Å². The molecule has 16 heavy (non-hydrogen) atoms. The van der Waals surface area contributed by atoms with Crippen LogP contribution in [-0.4, -0.2) is 12.1 Å². The highest BCUT2D eigenvalue weighted by Crippen LogP contribution is 2.13. The maximum Gasteiger partial charge on any atom is 0.329 e. The lowest BCUT2D eigenvalue weighted by Crippen LogP contribution is -2.39. The number of hydrazine groups is 1. The first-order chi connectivity index (χ1) is 7.61. The molecule has 5 nitrogen and oxygen atoms in total. The monoisotopic (exact) mass is 223 g/mol. The Morgan fingerprint density at radius 3 is 2.50 bits per heavy atom. The van der Waals surface area contributed by atoms with Crippen LogP contribution in [0.4, 0.5) is 4.79 Å². The third-order valence-corrected chi connectivity index (χ3v) is 1.88. The Morgan fingerprint density at radius 2 is 2.00 bits per heavy atom. The Bertz CT molecular complexity index is 336. The summed E-state index contributed by atoms with van der Waals surface area (Å²) in [5.74, 6) is 5.75. The zero-order valence-electron chi connectivity index (χ0n) is 9.49. The fraction of sp³-hybridized carbons (Fsp3) is 0.364. The molecule has 0 aliphatic heterocycles. The van der Waals surface area contributed by atoms with Gasteiger partial charge in [0, 0.05) is 6.54 Å². The van der Waals surface area contributed by atoms with Crippen molar-refractivity contribution in [2.45, 2.75) is 26.5 Å². The van der Waals surface area contributed by atoms with Crippen molar-refractivity contribution in [3.8, 4) is 5.75 Å². The van der Waals surface area contributed by atoms with Crippen molar-refractivity contribution >= 4 is 6.03 Å². The summed E-state index contributed by atoms with van der Waals surface area (Å²) in [5.41, 5.74) is 2.98. The molecule has 1 aromatic rings. The molecule has 0 unspecified atom stereocenters. The molecule has 5 heteroatoms. The van der Waals surface area contributed by atoms with Crippen LogP contribution in [0.5, 0.6) is 5.75 Å². The van der Waals surface area contributed by atoms with E-state index in [1.807, 2.05) is 43.5 Å². The fourth-order valence-corrected chi connectivity index (χ4v) is 1.19. The predicted molar refractivity (Wildman–Crippen MR) is 61.8 cm³/mol. The zero-order valence-corrected chi connectivity index (χ0v) is 9.49. The molecule has 0 aromatic heterocycles. The summed E-state index contributed by atoms with van der Waals surface area (Å²) in [6, 6.07) is 7.14. The number of amides is 2. The number of nitrogens with one attached hydrogen (secondary N) is 2. The van der Waals surface area contributed by atoms with Gasteiger partial charge in [0.05, 0.1) is 6.10 Å². The molecule has 88 valence electrons. The minimum Gasteiger partial charge on any atom is -0.491 e. The molecule has 0 spiro atoms. The van der Waals surface area contributed by atoms with E-state index in [1.54, 1.807) is 0 Å². The van der Waals surface area contributed by atoms with Gasteiger partial charge in [0.25, 0.3) is 0 Å². The topological polar surface area (TPSA) is 76.4 Å². The lowest BCUT2D eigenvalue weighted by Gasteiger charge is -2.10. The van der Waals surface area contributed by atoms with Crippen LogP contribution in [0.2, 0.25) is 0 Å². The molecule has 2 amide bonds. The van der Waals surface area contributed by atoms with Crippen LogP contribution in [0.3, 0.4) is 0 Å². The molecule has 0 saturated heterocycles. The number of ether oxygens (including phenoxy) is 1. The first-order valence-electron chi connectivity index (χ1n) is 5.12. The average Bonchev–Trinajstić information content (AvgIpc) is 2.27. The number of urea groups is 1. The van der Waals surface area contributed by atoms with Gasteiger partial charge in [-0.25, -0.2) is 10.6 Å². The van der Waals surface area contributed by atoms with Crippen LogP contribution < -0.4 is 21.3 Å². The van der Waals surface area contributed by atoms with Crippen molar-refractivity contribution in [3.05, 3.63) is 29.8 Å². The predicted octanol–water partition coefficient (Wildman–Crippen LogP) is 1.15. The maximum absolute atomic E-state index is 10.8. The SMILES string of the molecule is CC(C)Oc1ccc(CNC(=O)NN)cc1. The molecule has 0 aliphatic rings. The van der Waals surface area contributed by atoms with Crippen LogP contribution in [0.25, 0.3) is 0 Å². The van der Waals surface area contributed by atoms with Crippen LogP contribution >= 0.6 is 0 Å². The quantitative estimate of drug-likeness (QED) is 0.407. The summed E-state index contributed by atoms with van der Waals surface area (Å²) < 4.78 is 5.50. The molecule has 0 saturated carbocycles. The fourth-order valence-electron chi connectivity index (χ4n) is 1.19. The van der Waals surface area contributed by atoms with Crippen molar-refractivity contribution in [2.75, 3.05) is 0 Å². The van der Waals surface area contributed by atoms with Crippen molar-refractivity contribution < 1.29 is 9.53 Å². The Balaban J connectivity index is 2.48. The second-order valence-electron chi connectivity index (χ2n) is 3.64. The highest BCUT2D eigenvalue weighted by molar-refractivity contribution is 5.72. The van der Waals surface area contributed by atoms with E-state index in [1.165, 1.54) is 0 Å². The summed E-state index contributed by atoms with van der Waals surface area (Å²) in [6.07, 6.45) is 0.159. The lowest BCUT2D eigenvalue weighted by atomic mass is 10.2. The molecule has 0 aliphatic carbocycles. The van der Waals surface area contributed by atoms with E-state index < -0.39 is 6.03 Å². The number of hydrogen-bond donors (Lipinski definition) is 3. The number of carbonyl (C=O) groups is 1. The Morgan fingerprint density at radius 1 is 1.38 bits per heavy atom. The molecule has 0 atom stereocenters. The molecular weight excluding hydrogens is 206 g/mol. The second kappa shape index (κ2) is 5.97. The number of hydrogen-bond acceptors (Lipinski definition) is 3. The zero-order chi connectivity index (χ0) is 12.0. The van der Waals surface area contributed by atoms with Gasteiger partial charge in [-0.05, 0) is 31.5 Å². The van der Waals surface area contributed by atoms with E-state index in [9.17, 15) is 4.79 Å². The van der Waals surface area contributed by atoms with Crippen molar-refractivity contribution in [3.63, 3.8) is 0 Å². The standard InChI is InChI=1S/C11H17N3O2/c1-8(2)16-10-5-3-9(4-6-10)7-13-11(15)14-12/h3-6,8H,7,12H2,1-2H3,(H2,13,14,15). The van der Waals surface area contributed by atoms with Gasteiger partial charge in [0.1, 0.15) is 5.75 Å². The average molecular weight is 223 g/mol. The molecule has 0 heterocycles. The maximum atomic E-state index is 10.8. The van der Waals surface area contributed by atoms with Gasteiger partial charge in [0.2, 0.25) is 0 Å². The van der Waals surface area contributed by atoms with Crippen molar-refractivity contribution in [2.24, 2.45) is 5.84 Å². The first kappa shape index (κ1) is 12.3. The number of benzene rings is 1. The highest BCUT2D eigenvalue weighted by Gasteiger charge is 1.99. The molecule has 0 bridgehead atoms. The largest absolute Gasteiger partial charge is 0.491 e.